The molecule has 0 bridgehead atoms. The summed E-state index contributed by atoms with van der Waals surface area (Å²) in [6.45, 7) is 0. The van der Waals surface area contributed by atoms with Crippen LogP contribution < -0.4 is 5.32 Å². The number of rotatable bonds is 2. The number of hydrogen-bond acceptors (Lipinski definition) is 5. The van der Waals surface area contributed by atoms with Crippen molar-refractivity contribution in [2.75, 3.05) is 11.5 Å². The molecular formula is C17H14N2O3S2. The van der Waals surface area contributed by atoms with E-state index in [1.54, 1.807) is 47.4 Å². The minimum atomic E-state index is -0.771. The van der Waals surface area contributed by atoms with Crippen LogP contribution in [0.25, 0.3) is 0 Å². The molecule has 0 spiro atoms. The van der Waals surface area contributed by atoms with E-state index in [9.17, 15) is 14.4 Å². The van der Waals surface area contributed by atoms with Crippen LogP contribution in [0.3, 0.4) is 0 Å². The second-order valence-corrected chi connectivity index (χ2v) is 7.71. The minimum Gasteiger partial charge on any atom is -0.346 e. The molecule has 2 aliphatic heterocycles. The lowest BCUT2D eigenvalue weighted by atomic mass is 10.1. The van der Waals surface area contributed by atoms with Gasteiger partial charge in [0, 0.05) is 16.4 Å². The number of nitrogens with zero attached hydrogens (tertiary/aromatic N) is 1. The molecule has 2 atom stereocenters. The summed E-state index contributed by atoms with van der Waals surface area (Å²) in [5, 5.41) is 4.95. The summed E-state index contributed by atoms with van der Waals surface area (Å²) in [6, 6.07) is 9.79. The molecule has 24 heavy (non-hydrogen) atoms. The van der Waals surface area contributed by atoms with Crippen molar-refractivity contribution in [1.29, 1.82) is 0 Å². The molecule has 3 heterocycles. The summed E-state index contributed by atoms with van der Waals surface area (Å²) < 4.78 is 0. The van der Waals surface area contributed by atoms with Crippen molar-refractivity contribution < 1.29 is 14.4 Å². The van der Waals surface area contributed by atoms with Gasteiger partial charge in [0.05, 0.1) is 17.2 Å². The van der Waals surface area contributed by atoms with Crippen molar-refractivity contribution in [2.24, 2.45) is 0 Å². The van der Waals surface area contributed by atoms with E-state index in [0.29, 0.717) is 16.9 Å². The summed E-state index contributed by atoms with van der Waals surface area (Å²) in [5.41, 5.74) is 0.749. The first-order valence-corrected chi connectivity index (χ1v) is 9.58. The number of thioether (sulfide) groups is 1. The predicted octanol–water partition coefficient (Wildman–Crippen LogP) is 2.32. The first kappa shape index (κ1) is 15.4. The first-order chi connectivity index (χ1) is 11.7. The zero-order chi connectivity index (χ0) is 16.7. The van der Waals surface area contributed by atoms with Gasteiger partial charge in [-0.1, -0.05) is 18.2 Å². The van der Waals surface area contributed by atoms with E-state index in [2.05, 4.69) is 5.32 Å². The number of amides is 3. The molecule has 1 N–H and O–H groups in total. The van der Waals surface area contributed by atoms with Gasteiger partial charge in [0.1, 0.15) is 6.04 Å². The molecule has 2 aliphatic rings. The molecule has 0 radical (unpaired) electrons. The molecular weight excluding hydrogens is 344 g/mol. The fraction of sp³-hybridized carbons (Fsp3) is 0.235. The van der Waals surface area contributed by atoms with Gasteiger partial charge in [-0.3, -0.25) is 19.3 Å². The fourth-order valence-corrected chi connectivity index (χ4v) is 5.05. The van der Waals surface area contributed by atoms with Crippen LogP contribution in [0.4, 0.5) is 0 Å². The Balaban J connectivity index is 1.60. The maximum atomic E-state index is 12.7. The molecule has 1 saturated heterocycles. The van der Waals surface area contributed by atoms with Crippen LogP contribution in [0.15, 0.2) is 41.8 Å². The SMILES string of the molecule is O=C1N[C@H](c2cccs2)CSC[C@@H]1N1C(=O)c2ccccc2C1=O. The molecule has 0 saturated carbocycles. The summed E-state index contributed by atoms with van der Waals surface area (Å²) in [4.78, 5) is 40.1. The van der Waals surface area contributed by atoms with Gasteiger partial charge in [0.15, 0.2) is 0 Å². The molecule has 4 rings (SSSR count). The Kier molecular flexibility index (Phi) is 3.90. The Morgan fingerprint density at radius 3 is 2.29 bits per heavy atom. The lowest BCUT2D eigenvalue weighted by molar-refractivity contribution is -0.124. The Morgan fingerprint density at radius 2 is 1.67 bits per heavy atom. The smallest absolute Gasteiger partial charge is 0.262 e. The van der Waals surface area contributed by atoms with Crippen molar-refractivity contribution in [1.82, 2.24) is 10.2 Å². The van der Waals surface area contributed by atoms with Gasteiger partial charge in [-0.05, 0) is 23.6 Å². The first-order valence-electron chi connectivity index (χ1n) is 7.55. The van der Waals surface area contributed by atoms with Crippen LogP contribution in [-0.2, 0) is 4.79 Å². The maximum Gasteiger partial charge on any atom is 0.262 e. The van der Waals surface area contributed by atoms with Gasteiger partial charge in [-0.2, -0.15) is 11.8 Å². The van der Waals surface area contributed by atoms with Crippen LogP contribution in [0, 0.1) is 0 Å². The Bertz CT molecular complexity index is 784. The number of carbonyl (C=O) groups excluding carboxylic acids is 3. The molecule has 2 aromatic rings. The average molecular weight is 358 g/mol. The largest absolute Gasteiger partial charge is 0.346 e. The highest BCUT2D eigenvalue weighted by atomic mass is 32.2. The number of benzene rings is 1. The lowest BCUT2D eigenvalue weighted by Gasteiger charge is -2.23. The maximum absolute atomic E-state index is 12.7. The minimum absolute atomic E-state index is 0.0808. The number of fused-ring (bicyclic) bond motifs is 1. The summed E-state index contributed by atoms with van der Waals surface area (Å²) in [7, 11) is 0. The number of thiophene rings is 1. The zero-order valence-corrected chi connectivity index (χ0v) is 14.2. The normalized spacial score (nSPS) is 23.8. The van der Waals surface area contributed by atoms with E-state index < -0.39 is 6.04 Å². The number of carbonyl (C=O) groups is 3. The monoisotopic (exact) mass is 358 g/mol. The highest BCUT2D eigenvalue weighted by Gasteiger charge is 2.43. The van der Waals surface area contributed by atoms with E-state index in [4.69, 9.17) is 0 Å². The Hall–Kier alpha value is -2.12. The van der Waals surface area contributed by atoms with Crippen molar-refractivity contribution in [3.8, 4) is 0 Å². The van der Waals surface area contributed by atoms with Gasteiger partial charge in [0.25, 0.3) is 11.8 Å². The van der Waals surface area contributed by atoms with Crippen LogP contribution in [0.2, 0.25) is 0 Å². The van der Waals surface area contributed by atoms with Gasteiger partial charge >= 0.3 is 0 Å². The topological polar surface area (TPSA) is 66.5 Å². The quantitative estimate of drug-likeness (QED) is 0.837. The van der Waals surface area contributed by atoms with E-state index >= 15 is 0 Å². The van der Waals surface area contributed by atoms with Crippen molar-refractivity contribution in [3.63, 3.8) is 0 Å². The van der Waals surface area contributed by atoms with Gasteiger partial charge < -0.3 is 5.32 Å². The standard InChI is InChI=1S/C17H14N2O3S2/c20-15-13(9-23-8-12(18-15)14-6-3-7-24-14)19-16(21)10-4-1-2-5-11(10)17(19)22/h1-7,12-13H,8-9H2,(H,18,20)/t12-,13-/m0/s1. The average Bonchev–Trinajstić information content (AvgIpc) is 3.15. The van der Waals surface area contributed by atoms with Gasteiger partial charge in [-0.25, -0.2) is 0 Å². The van der Waals surface area contributed by atoms with Crippen molar-refractivity contribution >= 4 is 40.8 Å². The van der Waals surface area contributed by atoms with Crippen LogP contribution in [-0.4, -0.2) is 40.2 Å². The summed E-state index contributed by atoms with van der Waals surface area (Å²) in [6.07, 6.45) is 0. The molecule has 1 aromatic carbocycles. The second kappa shape index (κ2) is 6.07. The highest BCUT2D eigenvalue weighted by molar-refractivity contribution is 7.99. The summed E-state index contributed by atoms with van der Waals surface area (Å²) in [5.74, 6) is 0.107. The molecule has 0 unspecified atom stereocenters. The Labute approximate surface area is 147 Å². The van der Waals surface area contributed by atoms with E-state index in [1.807, 2.05) is 17.5 Å². The molecule has 7 heteroatoms. The van der Waals surface area contributed by atoms with Crippen LogP contribution in [0.5, 0.6) is 0 Å². The third-order valence-corrected chi connectivity index (χ3v) is 6.31. The van der Waals surface area contributed by atoms with E-state index in [0.717, 1.165) is 15.5 Å². The Morgan fingerprint density at radius 1 is 0.958 bits per heavy atom. The molecule has 0 aliphatic carbocycles. The molecule has 1 fully saturated rings. The third-order valence-electron chi connectivity index (χ3n) is 4.20. The van der Waals surface area contributed by atoms with Crippen LogP contribution >= 0.6 is 23.1 Å². The summed E-state index contributed by atoms with van der Waals surface area (Å²) >= 11 is 3.17. The number of imide groups is 1. The number of nitrogens with one attached hydrogen (secondary N) is 1. The van der Waals surface area contributed by atoms with Crippen LogP contribution in [0.1, 0.15) is 31.6 Å². The highest BCUT2D eigenvalue weighted by Crippen LogP contribution is 2.30. The van der Waals surface area contributed by atoms with Gasteiger partial charge in [0.2, 0.25) is 5.91 Å². The number of hydrogen-bond donors (Lipinski definition) is 1. The third kappa shape index (κ3) is 2.44. The molecule has 5 nitrogen and oxygen atoms in total. The van der Waals surface area contributed by atoms with E-state index in [1.165, 1.54) is 0 Å². The lowest BCUT2D eigenvalue weighted by Crippen LogP contribution is -2.50. The zero-order valence-electron chi connectivity index (χ0n) is 12.6. The molecule has 3 amide bonds. The van der Waals surface area contributed by atoms with Gasteiger partial charge in [-0.15, -0.1) is 11.3 Å². The van der Waals surface area contributed by atoms with E-state index in [-0.39, 0.29) is 23.8 Å². The van der Waals surface area contributed by atoms with Crippen molar-refractivity contribution in [2.45, 2.75) is 12.1 Å². The predicted molar refractivity (Wildman–Crippen MR) is 93.3 cm³/mol. The fourth-order valence-electron chi connectivity index (χ4n) is 3.01. The molecule has 122 valence electrons. The van der Waals surface area contributed by atoms with Crippen molar-refractivity contribution in [3.05, 3.63) is 57.8 Å². The second-order valence-electron chi connectivity index (χ2n) is 5.66. The molecule has 1 aromatic heterocycles.